The highest BCUT2D eigenvalue weighted by Crippen LogP contribution is 2.25. The molecule has 0 aliphatic carbocycles. The van der Waals surface area contributed by atoms with Crippen molar-refractivity contribution in [2.45, 2.75) is 24.7 Å². The molecule has 1 heterocycles. The highest BCUT2D eigenvalue weighted by atomic mass is 32.2. The fraction of sp³-hybridized carbons (Fsp3) is 0.500. The van der Waals surface area contributed by atoms with E-state index in [2.05, 4.69) is 12.1 Å². The van der Waals surface area contributed by atoms with E-state index < -0.39 is 5.60 Å². The lowest BCUT2D eigenvalue weighted by atomic mass is 9.91. The second-order valence-corrected chi connectivity index (χ2v) is 5.79. The van der Waals surface area contributed by atoms with E-state index in [0.29, 0.717) is 25.3 Å². The Balaban J connectivity index is 1.68. The number of benzene rings is 1. The maximum absolute atomic E-state index is 11.8. The van der Waals surface area contributed by atoms with Crippen LogP contribution in [0, 0.1) is 0 Å². The van der Waals surface area contributed by atoms with Gasteiger partial charge in [0.05, 0.1) is 24.4 Å². The largest absolute Gasteiger partial charge is 0.386 e. The Morgan fingerprint density at radius 3 is 2.67 bits per heavy atom. The molecule has 0 unspecified atom stereocenters. The van der Waals surface area contributed by atoms with Crippen molar-refractivity contribution in [1.82, 2.24) is 4.90 Å². The number of hydrogen-bond donors (Lipinski definition) is 1. The quantitative estimate of drug-likeness (QED) is 0.884. The van der Waals surface area contributed by atoms with E-state index in [1.165, 1.54) is 5.56 Å². The van der Waals surface area contributed by atoms with Gasteiger partial charge >= 0.3 is 0 Å². The molecule has 0 spiro atoms. The van der Waals surface area contributed by atoms with Crippen molar-refractivity contribution in [1.29, 1.82) is 0 Å². The Bertz CT molecular complexity index is 402. The number of nitrogens with zero attached hydrogens (tertiary/aromatic N) is 1. The second kappa shape index (κ2) is 5.76. The predicted octanol–water partition coefficient (Wildman–Crippen LogP) is 1.90. The first-order chi connectivity index (χ1) is 8.63. The number of carbonyl (C=O) groups excluding carboxylic acids is 1. The van der Waals surface area contributed by atoms with Crippen LogP contribution in [0.4, 0.5) is 0 Å². The Morgan fingerprint density at radius 1 is 1.39 bits per heavy atom. The van der Waals surface area contributed by atoms with Gasteiger partial charge in [-0.15, -0.1) is 11.8 Å². The van der Waals surface area contributed by atoms with Crippen LogP contribution in [-0.4, -0.2) is 40.4 Å². The molecule has 0 aromatic heterocycles. The molecule has 1 aliphatic heterocycles. The molecular weight excluding hydrogens is 246 g/mol. The topological polar surface area (TPSA) is 40.5 Å². The molecular formula is C14H19NO2S. The first-order valence-corrected chi connectivity index (χ1v) is 7.40. The minimum absolute atomic E-state index is 0.133. The van der Waals surface area contributed by atoms with Gasteiger partial charge in [-0.2, -0.15) is 0 Å². The molecule has 1 aromatic carbocycles. The lowest BCUT2D eigenvalue weighted by Crippen LogP contribution is -2.63. The number of amides is 1. The van der Waals surface area contributed by atoms with Crippen molar-refractivity contribution in [2.75, 3.05) is 18.8 Å². The Hall–Kier alpha value is -1.00. The van der Waals surface area contributed by atoms with Gasteiger partial charge in [0.1, 0.15) is 0 Å². The average Bonchev–Trinajstić information content (AvgIpc) is 2.36. The van der Waals surface area contributed by atoms with Gasteiger partial charge in [-0.3, -0.25) is 4.79 Å². The standard InChI is InChI=1S/C14H19NO2S/c1-2-14(17)10-15(11-14)13(16)9-18-8-12-6-4-3-5-7-12/h3-7,17H,2,8-11H2,1H3. The third-order valence-corrected chi connectivity index (χ3v) is 4.31. The molecule has 1 amide bonds. The highest BCUT2D eigenvalue weighted by Gasteiger charge is 2.41. The van der Waals surface area contributed by atoms with Gasteiger partial charge in [-0.1, -0.05) is 37.3 Å². The van der Waals surface area contributed by atoms with Crippen molar-refractivity contribution >= 4 is 17.7 Å². The smallest absolute Gasteiger partial charge is 0.232 e. The normalized spacial score (nSPS) is 17.3. The zero-order valence-corrected chi connectivity index (χ0v) is 11.4. The zero-order valence-electron chi connectivity index (χ0n) is 10.6. The molecule has 98 valence electrons. The van der Waals surface area contributed by atoms with Crippen LogP contribution in [0.5, 0.6) is 0 Å². The Kier molecular flexibility index (Phi) is 4.30. The zero-order chi connectivity index (χ0) is 13.0. The number of likely N-dealkylation sites (tertiary alicyclic amines) is 1. The van der Waals surface area contributed by atoms with Crippen LogP contribution in [-0.2, 0) is 10.5 Å². The van der Waals surface area contributed by atoms with E-state index in [1.807, 2.05) is 25.1 Å². The van der Waals surface area contributed by atoms with Crippen LogP contribution in [0.2, 0.25) is 0 Å². The molecule has 1 saturated heterocycles. The predicted molar refractivity (Wildman–Crippen MR) is 74.4 cm³/mol. The maximum atomic E-state index is 11.8. The van der Waals surface area contributed by atoms with Gasteiger partial charge in [0.25, 0.3) is 0 Å². The second-order valence-electron chi connectivity index (χ2n) is 4.81. The minimum atomic E-state index is -0.625. The first kappa shape index (κ1) is 13.4. The van der Waals surface area contributed by atoms with Crippen LogP contribution in [0.3, 0.4) is 0 Å². The third-order valence-electron chi connectivity index (χ3n) is 3.32. The Morgan fingerprint density at radius 2 is 2.06 bits per heavy atom. The van der Waals surface area contributed by atoms with Crippen LogP contribution in [0.1, 0.15) is 18.9 Å². The molecule has 0 radical (unpaired) electrons. The van der Waals surface area contributed by atoms with Crippen molar-refractivity contribution in [3.05, 3.63) is 35.9 Å². The summed E-state index contributed by atoms with van der Waals surface area (Å²) in [6.45, 7) is 2.94. The monoisotopic (exact) mass is 265 g/mol. The number of rotatable bonds is 5. The molecule has 0 atom stereocenters. The van der Waals surface area contributed by atoms with Crippen molar-refractivity contribution in [3.8, 4) is 0 Å². The molecule has 1 aromatic rings. The number of thioether (sulfide) groups is 1. The summed E-state index contributed by atoms with van der Waals surface area (Å²) in [4.78, 5) is 13.6. The molecule has 4 heteroatoms. The number of hydrogen-bond acceptors (Lipinski definition) is 3. The van der Waals surface area contributed by atoms with E-state index in [4.69, 9.17) is 0 Å². The summed E-state index contributed by atoms with van der Waals surface area (Å²) < 4.78 is 0. The molecule has 1 aliphatic rings. The maximum Gasteiger partial charge on any atom is 0.232 e. The highest BCUT2D eigenvalue weighted by molar-refractivity contribution is 7.99. The van der Waals surface area contributed by atoms with Crippen molar-refractivity contribution in [3.63, 3.8) is 0 Å². The summed E-state index contributed by atoms with van der Waals surface area (Å²) >= 11 is 1.63. The van der Waals surface area contributed by atoms with Gasteiger partial charge in [-0.25, -0.2) is 0 Å². The molecule has 1 fully saturated rings. The number of β-amino-alcohol motifs (C(OH)–C–C–N with tert-alkyl or cyclic N) is 1. The fourth-order valence-electron chi connectivity index (χ4n) is 1.99. The fourth-order valence-corrected chi connectivity index (χ4v) is 2.87. The van der Waals surface area contributed by atoms with Gasteiger partial charge in [0.15, 0.2) is 0 Å². The summed E-state index contributed by atoms with van der Waals surface area (Å²) in [6, 6.07) is 10.1. The summed E-state index contributed by atoms with van der Waals surface area (Å²) in [5, 5.41) is 9.84. The number of aliphatic hydroxyl groups is 1. The van der Waals surface area contributed by atoms with Crippen LogP contribution in [0.25, 0.3) is 0 Å². The average molecular weight is 265 g/mol. The van der Waals surface area contributed by atoms with E-state index in [9.17, 15) is 9.90 Å². The lowest BCUT2D eigenvalue weighted by molar-refractivity contribution is -0.152. The van der Waals surface area contributed by atoms with E-state index in [1.54, 1.807) is 16.7 Å². The molecule has 0 saturated carbocycles. The van der Waals surface area contributed by atoms with Crippen molar-refractivity contribution in [2.24, 2.45) is 0 Å². The van der Waals surface area contributed by atoms with Gasteiger partial charge in [-0.05, 0) is 12.0 Å². The minimum Gasteiger partial charge on any atom is -0.386 e. The lowest BCUT2D eigenvalue weighted by Gasteiger charge is -2.46. The molecule has 1 N–H and O–H groups in total. The van der Waals surface area contributed by atoms with Gasteiger partial charge in [0, 0.05) is 5.75 Å². The van der Waals surface area contributed by atoms with Gasteiger partial charge in [0.2, 0.25) is 5.91 Å². The van der Waals surface area contributed by atoms with Crippen LogP contribution < -0.4 is 0 Å². The molecule has 3 nitrogen and oxygen atoms in total. The first-order valence-electron chi connectivity index (χ1n) is 6.25. The molecule has 0 bridgehead atoms. The van der Waals surface area contributed by atoms with Crippen molar-refractivity contribution < 1.29 is 9.90 Å². The molecule has 2 rings (SSSR count). The SMILES string of the molecule is CCC1(O)CN(C(=O)CSCc2ccccc2)C1. The summed E-state index contributed by atoms with van der Waals surface area (Å²) in [5.41, 5.74) is 0.615. The third kappa shape index (κ3) is 3.27. The Labute approximate surface area is 112 Å². The summed E-state index contributed by atoms with van der Waals surface area (Å²) in [7, 11) is 0. The summed E-state index contributed by atoms with van der Waals surface area (Å²) in [6.07, 6.45) is 0.716. The van der Waals surface area contributed by atoms with Crippen LogP contribution in [0.15, 0.2) is 30.3 Å². The summed E-state index contributed by atoms with van der Waals surface area (Å²) in [5.74, 6) is 1.49. The van der Waals surface area contributed by atoms with E-state index in [-0.39, 0.29) is 5.91 Å². The molecule has 18 heavy (non-hydrogen) atoms. The van der Waals surface area contributed by atoms with E-state index in [0.717, 1.165) is 5.75 Å². The van der Waals surface area contributed by atoms with Gasteiger partial charge < -0.3 is 10.0 Å². The number of carbonyl (C=O) groups is 1. The van der Waals surface area contributed by atoms with Crippen LogP contribution >= 0.6 is 11.8 Å². The van der Waals surface area contributed by atoms with E-state index >= 15 is 0 Å².